The molecule has 0 aliphatic carbocycles. The van der Waals surface area contributed by atoms with Crippen LogP contribution in [-0.4, -0.2) is 27.6 Å². The van der Waals surface area contributed by atoms with Crippen molar-refractivity contribution >= 4 is 16.7 Å². The molecule has 2 aromatic carbocycles. The minimum absolute atomic E-state index is 0.210. The first-order valence-electron chi connectivity index (χ1n) is 9.00. The maximum Gasteiger partial charge on any atom is 0.275 e. The van der Waals surface area contributed by atoms with Crippen LogP contribution < -0.4 is 5.56 Å². The van der Waals surface area contributed by atoms with Crippen molar-refractivity contribution in [1.29, 1.82) is 0 Å². The zero-order valence-electron chi connectivity index (χ0n) is 15.6. The van der Waals surface area contributed by atoms with E-state index < -0.39 is 0 Å². The molecule has 0 fully saturated rings. The first kappa shape index (κ1) is 18.8. The molecule has 0 spiro atoms. The van der Waals surface area contributed by atoms with Crippen LogP contribution in [0, 0.1) is 5.82 Å². The van der Waals surface area contributed by atoms with Crippen LogP contribution in [0.15, 0.2) is 53.3 Å². The van der Waals surface area contributed by atoms with Gasteiger partial charge in [0.25, 0.3) is 11.5 Å². The number of amides is 1. The third-order valence-electron chi connectivity index (χ3n) is 4.80. The summed E-state index contributed by atoms with van der Waals surface area (Å²) in [6.07, 6.45) is 0.666. The molecule has 0 aliphatic rings. The summed E-state index contributed by atoms with van der Waals surface area (Å²) in [6, 6.07) is 12.9. The molecular weight excluding hydrogens is 345 g/mol. The fraction of sp³-hybridized carbons (Fsp3) is 0.286. The summed E-state index contributed by atoms with van der Waals surface area (Å²) < 4.78 is 14.6. The van der Waals surface area contributed by atoms with Crippen molar-refractivity contribution in [3.05, 3.63) is 76.0 Å². The molecule has 1 heterocycles. The zero-order valence-corrected chi connectivity index (χ0v) is 15.6. The van der Waals surface area contributed by atoms with Gasteiger partial charge in [-0.05, 0) is 37.1 Å². The van der Waals surface area contributed by atoms with Gasteiger partial charge < -0.3 is 4.90 Å². The van der Waals surface area contributed by atoms with Crippen LogP contribution in [0.1, 0.15) is 42.4 Å². The Balaban J connectivity index is 2.07. The van der Waals surface area contributed by atoms with Crippen LogP contribution in [0.2, 0.25) is 0 Å². The largest absolute Gasteiger partial charge is 0.333 e. The Bertz CT molecular complexity index is 1030. The third kappa shape index (κ3) is 3.47. The van der Waals surface area contributed by atoms with E-state index in [2.05, 4.69) is 5.10 Å². The van der Waals surface area contributed by atoms with Crippen LogP contribution in [-0.2, 0) is 6.54 Å². The minimum atomic E-state index is -0.315. The summed E-state index contributed by atoms with van der Waals surface area (Å²) >= 11 is 0. The maximum atomic E-state index is 13.3. The number of hydrogen-bond donors (Lipinski definition) is 0. The molecule has 0 saturated carbocycles. The maximum absolute atomic E-state index is 13.3. The fourth-order valence-corrected chi connectivity index (χ4v) is 3.33. The molecule has 1 aromatic heterocycles. The van der Waals surface area contributed by atoms with Crippen molar-refractivity contribution in [2.24, 2.45) is 0 Å². The SMILES string of the molecule is CCC(c1ccc(F)cc1)N(C)C(=O)c1nn(CC)c(=O)c2ccccc12. The van der Waals surface area contributed by atoms with E-state index in [9.17, 15) is 14.0 Å². The number of carbonyl (C=O) groups is 1. The number of hydrogen-bond acceptors (Lipinski definition) is 3. The van der Waals surface area contributed by atoms with Crippen LogP contribution in [0.4, 0.5) is 4.39 Å². The second kappa shape index (κ2) is 7.70. The van der Waals surface area contributed by atoms with E-state index in [-0.39, 0.29) is 29.0 Å². The van der Waals surface area contributed by atoms with Crippen molar-refractivity contribution in [2.45, 2.75) is 32.9 Å². The number of aromatic nitrogens is 2. The predicted molar refractivity (Wildman–Crippen MR) is 103 cm³/mol. The summed E-state index contributed by atoms with van der Waals surface area (Å²) in [7, 11) is 1.71. The van der Waals surface area contributed by atoms with Crippen LogP contribution in [0.3, 0.4) is 0 Å². The predicted octanol–water partition coefficient (Wildman–Crippen LogP) is 3.78. The summed E-state index contributed by atoms with van der Waals surface area (Å²) in [5, 5.41) is 5.33. The van der Waals surface area contributed by atoms with Gasteiger partial charge in [-0.1, -0.05) is 37.3 Å². The van der Waals surface area contributed by atoms with Crippen molar-refractivity contribution in [3.63, 3.8) is 0 Å². The molecule has 5 nitrogen and oxygen atoms in total. The average Bonchev–Trinajstić information content (AvgIpc) is 2.70. The Morgan fingerprint density at radius 1 is 1.11 bits per heavy atom. The normalized spacial score (nSPS) is 12.1. The molecule has 1 atom stereocenters. The second-order valence-electron chi connectivity index (χ2n) is 6.41. The van der Waals surface area contributed by atoms with E-state index in [1.165, 1.54) is 16.8 Å². The molecule has 3 aromatic rings. The van der Waals surface area contributed by atoms with E-state index in [1.54, 1.807) is 48.3 Å². The van der Waals surface area contributed by atoms with Crippen molar-refractivity contribution in [2.75, 3.05) is 7.05 Å². The molecule has 0 saturated heterocycles. The smallest absolute Gasteiger partial charge is 0.275 e. The lowest BCUT2D eigenvalue weighted by molar-refractivity contribution is 0.0719. The van der Waals surface area contributed by atoms with Gasteiger partial charge in [0.2, 0.25) is 0 Å². The summed E-state index contributed by atoms with van der Waals surface area (Å²) in [4.78, 5) is 27.3. The van der Waals surface area contributed by atoms with Gasteiger partial charge in [0, 0.05) is 19.0 Å². The molecule has 0 aliphatic heterocycles. The van der Waals surface area contributed by atoms with E-state index in [0.717, 1.165) is 5.56 Å². The van der Waals surface area contributed by atoms with Crippen molar-refractivity contribution in [3.8, 4) is 0 Å². The summed E-state index contributed by atoms with van der Waals surface area (Å²) in [6.45, 7) is 4.16. The van der Waals surface area contributed by atoms with E-state index in [1.807, 2.05) is 13.8 Å². The Hall–Kier alpha value is -3.02. The van der Waals surface area contributed by atoms with Gasteiger partial charge in [-0.2, -0.15) is 5.10 Å². The molecule has 0 radical (unpaired) electrons. The first-order valence-corrected chi connectivity index (χ1v) is 9.00. The number of carbonyl (C=O) groups excluding carboxylic acids is 1. The highest BCUT2D eigenvalue weighted by Gasteiger charge is 2.25. The molecule has 140 valence electrons. The van der Waals surface area contributed by atoms with Gasteiger partial charge in [0.1, 0.15) is 5.82 Å². The number of nitrogens with zero attached hydrogens (tertiary/aromatic N) is 3. The highest BCUT2D eigenvalue weighted by Crippen LogP contribution is 2.26. The monoisotopic (exact) mass is 367 g/mol. The van der Waals surface area contributed by atoms with Gasteiger partial charge in [0.15, 0.2) is 5.69 Å². The Kier molecular flexibility index (Phi) is 5.35. The van der Waals surface area contributed by atoms with Gasteiger partial charge in [0.05, 0.1) is 11.4 Å². The number of halogens is 1. The number of aryl methyl sites for hydroxylation is 1. The Morgan fingerprint density at radius 3 is 2.33 bits per heavy atom. The van der Waals surface area contributed by atoms with Crippen LogP contribution in [0.5, 0.6) is 0 Å². The molecule has 6 heteroatoms. The molecule has 0 bridgehead atoms. The lowest BCUT2D eigenvalue weighted by Crippen LogP contribution is -2.34. The highest BCUT2D eigenvalue weighted by molar-refractivity contribution is 6.04. The summed E-state index contributed by atoms with van der Waals surface area (Å²) in [5.41, 5.74) is 0.885. The number of benzene rings is 2. The van der Waals surface area contributed by atoms with Gasteiger partial charge in [-0.25, -0.2) is 9.07 Å². The third-order valence-corrected chi connectivity index (χ3v) is 4.80. The minimum Gasteiger partial charge on any atom is -0.333 e. The van der Waals surface area contributed by atoms with Crippen molar-refractivity contribution in [1.82, 2.24) is 14.7 Å². The number of rotatable bonds is 5. The second-order valence-corrected chi connectivity index (χ2v) is 6.41. The molecule has 3 rings (SSSR count). The Labute approximate surface area is 157 Å². The van der Waals surface area contributed by atoms with Crippen LogP contribution >= 0.6 is 0 Å². The van der Waals surface area contributed by atoms with Gasteiger partial charge >= 0.3 is 0 Å². The lowest BCUT2D eigenvalue weighted by Gasteiger charge is -2.28. The summed E-state index contributed by atoms with van der Waals surface area (Å²) in [5.74, 6) is -0.588. The lowest BCUT2D eigenvalue weighted by atomic mass is 10.0. The number of fused-ring (bicyclic) bond motifs is 1. The first-order chi connectivity index (χ1) is 13.0. The van der Waals surface area contributed by atoms with Gasteiger partial charge in [-0.15, -0.1) is 0 Å². The zero-order chi connectivity index (χ0) is 19.6. The molecule has 27 heavy (non-hydrogen) atoms. The quantitative estimate of drug-likeness (QED) is 0.690. The standard InChI is InChI=1S/C21H22FN3O2/c1-4-18(14-10-12-15(22)13-11-14)24(3)21(27)19-16-8-6-7-9-17(16)20(26)25(5-2)23-19/h6-13,18H,4-5H2,1-3H3. The van der Waals surface area contributed by atoms with Gasteiger partial charge in [-0.3, -0.25) is 9.59 Å². The molecule has 1 amide bonds. The van der Waals surface area contributed by atoms with E-state index in [0.29, 0.717) is 23.7 Å². The van der Waals surface area contributed by atoms with Crippen LogP contribution in [0.25, 0.3) is 10.8 Å². The molecule has 0 N–H and O–H groups in total. The topological polar surface area (TPSA) is 55.2 Å². The Morgan fingerprint density at radius 2 is 1.74 bits per heavy atom. The van der Waals surface area contributed by atoms with E-state index in [4.69, 9.17) is 0 Å². The van der Waals surface area contributed by atoms with E-state index >= 15 is 0 Å². The molecule has 1 unspecified atom stereocenters. The highest BCUT2D eigenvalue weighted by atomic mass is 19.1. The average molecular weight is 367 g/mol. The molecular formula is C21H22FN3O2. The van der Waals surface area contributed by atoms with Crippen molar-refractivity contribution < 1.29 is 9.18 Å². The fourth-order valence-electron chi connectivity index (χ4n) is 3.33.